The highest BCUT2D eigenvalue weighted by Crippen LogP contribution is 2.49. The van der Waals surface area contributed by atoms with Gasteiger partial charge in [-0.2, -0.15) is 5.09 Å². The van der Waals surface area contributed by atoms with Crippen LogP contribution in [0, 0.1) is 6.92 Å². The van der Waals surface area contributed by atoms with Gasteiger partial charge in [0.15, 0.2) is 29.4 Å². The molecule has 16 heteroatoms. The fourth-order valence-electron chi connectivity index (χ4n) is 4.15. The normalized spacial score (nSPS) is 24.9. The van der Waals surface area contributed by atoms with E-state index < -0.39 is 56.3 Å². The van der Waals surface area contributed by atoms with Crippen molar-refractivity contribution in [1.29, 1.82) is 0 Å². The SMILES string of the molecule is CCOC(=O)[C@@H](C)NP(=O)(OC[C@@]1(CCl)O[C@@H](n2cnc3c(NC)nc(C)nc32)[C@@H](F)[C@@H]1O)Oc1ccccc1. The standard InChI is InChI=1S/C24H31ClFN6O7P/c1-5-36-23(34)14(2)31-40(35,39-16-9-7-6-8-10-16)37-12-24(11-25)19(33)17(26)22(38-24)32-13-28-18-20(27-4)29-15(3)30-21(18)32/h6-10,13-14,17,19,22,33H,5,11-12H2,1-4H3,(H,31,35)(H,27,29,30)/t14-,17+,19+,22-,24-,40?/m1/s1. The lowest BCUT2D eigenvalue weighted by molar-refractivity contribution is -0.144. The molecule has 0 amide bonds. The number of aliphatic hydroxyl groups is 1. The highest BCUT2D eigenvalue weighted by atomic mass is 35.5. The van der Waals surface area contributed by atoms with Gasteiger partial charge in [-0.25, -0.2) is 23.9 Å². The second kappa shape index (κ2) is 12.3. The molecule has 1 unspecified atom stereocenters. The minimum Gasteiger partial charge on any atom is -0.465 e. The van der Waals surface area contributed by atoms with Gasteiger partial charge in [0.05, 0.1) is 25.4 Å². The van der Waals surface area contributed by atoms with E-state index in [9.17, 15) is 14.5 Å². The average Bonchev–Trinajstić information content (AvgIpc) is 3.46. The molecule has 1 aliphatic heterocycles. The Morgan fingerprint density at radius 3 is 2.73 bits per heavy atom. The summed E-state index contributed by atoms with van der Waals surface area (Å²) < 4.78 is 53.0. The number of imidazole rings is 1. The second-order valence-electron chi connectivity index (χ2n) is 9.07. The molecule has 1 saturated heterocycles. The maximum absolute atomic E-state index is 15.6. The van der Waals surface area contributed by atoms with Gasteiger partial charge >= 0.3 is 13.7 Å². The van der Waals surface area contributed by atoms with Crippen molar-refractivity contribution in [2.24, 2.45) is 0 Å². The molecule has 4 rings (SSSR count). The van der Waals surface area contributed by atoms with Crippen LogP contribution in [0.25, 0.3) is 11.2 Å². The number of ether oxygens (including phenoxy) is 2. The molecule has 6 atom stereocenters. The first-order valence-corrected chi connectivity index (χ1v) is 14.5. The number of halogens is 2. The summed E-state index contributed by atoms with van der Waals surface area (Å²) in [6.07, 6.45) is -3.87. The van der Waals surface area contributed by atoms with Gasteiger partial charge in [-0.05, 0) is 32.9 Å². The molecule has 3 N–H and O–H groups in total. The first-order valence-electron chi connectivity index (χ1n) is 12.4. The first-order chi connectivity index (χ1) is 19.1. The van der Waals surface area contributed by atoms with Gasteiger partial charge in [-0.15, -0.1) is 11.6 Å². The number of nitrogens with zero attached hydrogens (tertiary/aromatic N) is 4. The van der Waals surface area contributed by atoms with E-state index in [0.29, 0.717) is 17.2 Å². The number of para-hydroxylation sites is 1. The monoisotopic (exact) mass is 600 g/mol. The minimum absolute atomic E-state index is 0.105. The number of anilines is 1. The van der Waals surface area contributed by atoms with Crippen LogP contribution in [0.15, 0.2) is 36.7 Å². The Morgan fingerprint density at radius 2 is 2.08 bits per heavy atom. The summed E-state index contributed by atoms with van der Waals surface area (Å²) in [7, 11) is -2.67. The third-order valence-electron chi connectivity index (χ3n) is 6.18. The number of rotatable bonds is 12. The number of aryl methyl sites for hydroxylation is 1. The van der Waals surface area contributed by atoms with Crippen molar-refractivity contribution in [3.63, 3.8) is 0 Å². The zero-order chi connectivity index (χ0) is 29.1. The molecular weight excluding hydrogens is 570 g/mol. The van der Waals surface area contributed by atoms with Crippen LogP contribution in [0.5, 0.6) is 5.75 Å². The summed E-state index contributed by atoms with van der Waals surface area (Å²) in [6, 6.07) is 7.00. The molecule has 0 spiro atoms. The average molecular weight is 601 g/mol. The molecule has 1 fully saturated rings. The van der Waals surface area contributed by atoms with E-state index in [1.165, 1.54) is 30.0 Å². The van der Waals surface area contributed by atoms with E-state index in [1.54, 1.807) is 39.1 Å². The quantitative estimate of drug-likeness (QED) is 0.159. The van der Waals surface area contributed by atoms with Crippen molar-refractivity contribution in [3.8, 4) is 5.75 Å². The van der Waals surface area contributed by atoms with Gasteiger partial charge < -0.3 is 24.4 Å². The highest BCUT2D eigenvalue weighted by Gasteiger charge is 2.57. The molecule has 1 aromatic carbocycles. The third kappa shape index (κ3) is 6.07. The highest BCUT2D eigenvalue weighted by molar-refractivity contribution is 7.52. The number of carbonyl (C=O) groups excluding carboxylic acids is 1. The van der Waals surface area contributed by atoms with Gasteiger partial charge in [-0.1, -0.05) is 18.2 Å². The maximum Gasteiger partial charge on any atom is 0.459 e. The molecule has 0 bridgehead atoms. The number of alkyl halides is 2. The molecule has 0 radical (unpaired) electrons. The van der Waals surface area contributed by atoms with Gasteiger partial charge in [0.25, 0.3) is 0 Å². The van der Waals surface area contributed by atoms with Crippen LogP contribution in [0.4, 0.5) is 10.2 Å². The number of fused-ring (bicyclic) bond motifs is 1. The Bertz CT molecular complexity index is 1380. The lowest BCUT2D eigenvalue weighted by atomic mass is 9.99. The zero-order valence-corrected chi connectivity index (χ0v) is 23.9. The van der Waals surface area contributed by atoms with Gasteiger partial charge in [0.2, 0.25) is 0 Å². The van der Waals surface area contributed by atoms with Crippen molar-refractivity contribution in [2.45, 2.75) is 50.9 Å². The molecule has 1 aliphatic rings. The zero-order valence-electron chi connectivity index (χ0n) is 22.3. The van der Waals surface area contributed by atoms with Gasteiger partial charge in [0.1, 0.15) is 29.3 Å². The number of carbonyl (C=O) groups is 1. The number of nitrogens with one attached hydrogen (secondary N) is 2. The molecule has 0 aliphatic carbocycles. The second-order valence-corrected chi connectivity index (χ2v) is 11.0. The van der Waals surface area contributed by atoms with Crippen LogP contribution in [-0.2, 0) is 23.4 Å². The lowest BCUT2D eigenvalue weighted by Crippen LogP contribution is -2.48. The van der Waals surface area contributed by atoms with E-state index >= 15 is 4.39 Å². The number of esters is 1. The summed E-state index contributed by atoms with van der Waals surface area (Å²) in [5.41, 5.74) is -1.22. The van der Waals surface area contributed by atoms with Crippen molar-refractivity contribution in [2.75, 3.05) is 31.5 Å². The Hall–Kier alpha value is -2.87. The lowest BCUT2D eigenvalue weighted by Gasteiger charge is -2.31. The predicted octanol–water partition coefficient (Wildman–Crippen LogP) is 3.13. The van der Waals surface area contributed by atoms with Crippen LogP contribution in [0.2, 0.25) is 0 Å². The number of aromatic nitrogens is 4. The van der Waals surface area contributed by atoms with E-state index in [2.05, 4.69) is 25.4 Å². The minimum atomic E-state index is -4.34. The van der Waals surface area contributed by atoms with E-state index in [-0.39, 0.29) is 18.0 Å². The van der Waals surface area contributed by atoms with Gasteiger partial charge in [0, 0.05) is 7.05 Å². The van der Waals surface area contributed by atoms with Crippen LogP contribution >= 0.6 is 19.3 Å². The molecule has 13 nitrogen and oxygen atoms in total. The van der Waals surface area contributed by atoms with E-state index in [1.807, 2.05) is 0 Å². The fourth-order valence-corrected chi connectivity index (χ4v) is 5.99. The number of aliphatic hydroxyl groups excluding tert-OH is 1. The summed E-state index contributed by atoms with van der Waals surface area (Å²) in [6.45, 7) is 4.16. The third-order valence-corrected chi connectivity index (χ3v) is 8.25. The van der Waals surface area contributed by atoms with Crippen LogP contribution < -0.4 is 14.9 Å². The van der Waals surface area contributed by atoms with Crippen molar-refractivity contribution >= 4 is 42.3 Å². The van der Waals surface area contributed by atoms with Crippen molar-refractivity contribution in [3.05, 3.63) is 42.5 Å². The Morgan fingerprint density at radius 1 is 1.35 bits per heavy atom. The van der Waals surface area contributed by atoms with Crippen molar-refractivity contribution < 1.29 is 37.4 Å². The molecule has 2 aromatic heterocycles. The Kier molecular flexibility index (Phi) is 9.28. The Balaban J connectivity index is 1.61. The van der Waals surface area contributed by atoms with E-state index in [0.717, 1.165) is 0 Å². The molecular formula is C24H31ClFN6O7P. The molecule has 40 heavy (non-hydrogen) atoms. The topological polar surface area (TPSA) is 159 Å². The summed E-state index contributed by atoms with van der Waals surface area (Å²) in [4.78, 5) is 25.1. The summed E-state index contributed by atoms with van der Waals surface area (Å²) in [5.74, 6) is -0.125. The fraction of sp³-hybridized carbons (Fsp3) is 0.500. The summed E-state index contributed by atoms with van der Waals surface area (Å²) >= 11 is 6.21. The molecule has 3 aromatic rings. The van der Waals surface area contributed by atoms with Crippen LogP contribution in [0.1, 0.15) is 25.9 Å². The van der Waals surface area contributed by atoms with Crippen molar-refractivity contribution in [1.82, 2.24) is 24.6 Å². The summed E-state index contributed by atoms with van der Waals surface area (Å²) in [5, 5.41) is 16.4. The number of hydrogen-bond acceptors (Lipinski definition) is 11. The molecule has 3 heterocycles. The van der Waals surface area contributed by atoms with Crippen LogP contribution in [0.3, 0.4) is 0 Å². The van der Waals surface area contributed by atoms with Crippen LogP contribution in [-0.4, -0.2) is 80.7 Å². The largest absolute Gasteiger partial charge is 0.465 e. The van der Waals surface area contributed by atoms with E-state index in [4.69, 9.17) is 30.1 Å². The Labute approximate surface area is 234 Å². The number of hydrogen-bond donors (Lipinski definition) is 3. The molecule has 0 saturated carbocycles. The molecule has 218 valence electrons. The smallest absolute Gasteiger partial charge is 0.459 e. The van der Waals surface area contributed by atoms with Gasteiger partial charge in [-0.3, -0.25) is 13.9 Å². The maximum atomic E-state index is 15.6. The first kappa shape index (κ1) is 30.1. The predicted molar refractivity (Wildman–Crippen MR) is 144 cm³/mol. The number of benzene rings is 1.